The molecular formula is C10H16FNO2. The van der Waals surface area contributed by atoms with Crippen LogP contribution in [0.3, 0.4) is 0 Å². The SMILES string of the molecule is NC[C@@]1(CC(=O)O)C[C@@H]2C[C@@H](F)C[C@@H]21. The molecule has 0 bridgehead atoms. The lowest BCUT2D eigenvalue weighted by Crippen LogP contribution is -2.51. The van der Waals surface area contributed by atoms with E-state index in [9.17, 15) is 9.18 Å². The molecule has 0 spiro atoms. The lowest BCUT2D eigenvalue weighted by atomic mass is 9.53. The summed E-state index contributed by atoms with van der Waals surface area (Å²) in [4.78, 5) is 10.7. The van der Waals surface area contributed by atoms with Gasteiger partial charge in [0.25, 0.3) is 0 Å². The fourth-order valence-corrected chi connectivity index (χ4v) is 3.36. The highest BCUT2D eigenvalue weighted by Crippen LogP contribution is 2.60. The zero-order valence-corrected chi connectivity index (χ0v) is 8.08. The van der Waals surface area contributed by atoms with E-state index in [0.717, 1.165) is 6.42 Å². The average Bonchev–Trinajstić information content (AvgIpc) is 2.39. The van der Waals surface area contributed by atoms with Crippen molar-refractivity contribution in [1.29, 1.82) is 0 Å². The predicted molar refractivity (Wildman–Crippen MR) is 49.5 cm³/mol. The van der Waals surface area contributed by atoms with Crippen LogP contribution in [0.5, 0.6) is 0 Å². The number of rotatable bonds is 3. The van der Waals surface area contributed by atoms with E-state index in [1.54, 1.807) is 0 Å². The summed E-state index contributed by atoms with van der Waals surface area (Å²) in [5.74, 6) is -0.192. The number of fused-ring (bicyclic) bond motifs is 1. The molecule has 0 amide bonds. The lowest BCUT2D eigenvalue weighted by Gasteiger charge is -2.51. The molecule has 80 valence electrons. The summed E-state index contributed by atoms with van der Waals surface area (Å²) >= 11 is 0. The summed E-state index contributed by atoms with van der Waals surface area (Å²) in [6, 6.07) is 0. The van der Waals surface area contributed by atoms with Gasteiger partial charge in [-0.3, -0.25) is 4.79 Å². The molecule has 2 aliphatic carbocycles. The van der Waals surface area contributed by atoms with E-state index >= 15 is 0 Å². The number of carbonyl (C=O) groups is 1. The molecule has 14 heavy (non-hydrogen) atoms. The van der Waals surface area contributed by atoms with Crippen molar-refractivity contribution in [2.45, 2.75) is 31.9 Å². The number of hydrogen-bond acceptors (Lipinski definition) is 2. The van der Waals surface area contributed by atoms with Gasteiger partial charge in [-0.15, -0.1) is 0 Å². The Bertz CT molecular complexity index is 259. The van der Waals surface area contributed by atoms with Gasteiger partial charge in [-0.2, -0.15) is 0 Å². The van der Waals surface area contributed by atoms with Gasteiger partial charge in [-0.05, 0) is 43.1 Å². The van der Waals surface area contributed by atoms with Gasteiger partial charge in [0.1, 0.15) is 6.17 Å². The summed E-state index contributed by atoms with van der Waals surface area (Å²) in [5, 5.41) is 8.78. The monoisotopic (exact) mass is 201 g/mol. The van der Waals surface area contributed by atoms with Gasteiger partial charge < -0.3 is 10.8 Å². The molecule has 2 rings (SSSR count). The molecule has 2 fully saturated rings. The summed E-state index contributed by atoms with van der Waals surface area (Å²) < 4.78 is 13.1. The van der Waals surface area contributed by atoms with E-state index in [1.807, 2.05) is 0 Å². The fourth-order valence-electron chi connectivity index (χ4n) is 3.36. The Morgan fingerprint density at radius 2 is 2.29 bits per heavy atom. The van der Waals surface area contributed by atoms with Crippen LogP contribution in [-0.4, -0.2) is 23.8 Å². The molecule has 0 radical (unpaired) electrons. The van der Waals surface area contributed by atoms with Gasteiger partial charge in [-0.1, -0.05) is 0 Å². The molecule has 0 heterocycles. The largest absolute Gasteiger partial charge is 0.481 e. The summed E-state index contributed by atoms with van der Waals surface area (Å²) in [6.45, 7) is 0.382. The van der Waals surface area contributed by atoms with Crippen LogP contribution in [0.15, 0.2) is 0 Å². The number of nitrogens with two attached hydrogens (primary N) is 1. The second-order valence-corrected chi connectivity index (χ2v) is 4.78. The maximum Gasteiger partial charge on any atom is 0.303 e. The molecule has 0 unspecified atom stereocenters. The van der Waals surface area contributed by atoms with Gasteiger partial charge >= 0.3 is 5.97 Å². The molecule has 2 aliphatic rings. The van der Waals surface area contributed by atoms with Gasteiger partial charge in [0.2, 0.25) is 0 Å². The Morgan fingerprint density at radius 1 is 1.57 bits per heavy atom. The van der Waals surface area contributed by atoms with E-state index < -0.39 is 12.1 Å². The third-order valence-corrected chi connectivity index (χ3v) is 4.00. The molecule has 0 saturated heterocycles. The first-order valence-corrected chi connectivity index (χ1v) is 5.13. The van der Waals surface area contributed by atoms with Gasteiger partial charge in [-0.25, -0.2) is 4.39 Å². The van der Waals surface area contributed by atoms with Crippen molar-refractivity contribution in [1.82, 2.24) is 0 Å². The van der Waals surface area contributed by atoms with Crippen molar-refractivity contribution >= 4 is 5.97 Å². The number of halogens is 1. The number of alkyl halides is 1. The first kappa shape index (κ1) is 9.90. The van der Waals surface area contributed by atoms with E-state index in [-0.39, 0.29) is 17.8 Å². The third-order valence-electron chi connectivity index (χ3n) is 4.00. The minimum absolute atomic E-state index is 0.109. The highest BCUT2D eigenvalue weighted by Gasteiger charge is 2.57. The molecule has 4 heteroatoms. The van der Waals surface area contributed by atoms with E-state index in [1.165, 1.54) is 0 Å². The highest BCUT2D eigenvalue weighted by molar-refractivity contribution is 5.68. The minimum atomic E-state index is -0.809. The molecule has 2 saturated carbocycles. The van der Waals surface area contributed by atoms with Crippen LogP contribution in [0.1, 0.15) is 25.7 Å². The fraction of sp³-hybridized carbons (Fsp3) is 0.900. The average molecular weight is 201 g/mol. The summed E-state index contributed by atoms with van der Waals surface area (Å²) in [5.41, 5.74) is 5.34. The number of carboxylic acid groups (broad SMARTS) is 1. The van der Waals surface area contributed by atoms with Crippen molar-refractivity contribution in [3.63, 3.8) is 0 Å². The molecule has 0 aliphatic heterocycles. The van der Waals surface area contributed by atoms with Crippen LogP contribution in [0.4, 0.5) is 4.39 Å². The Kier molecular flexibility index (Phi) is 2.26. The standard InChI is InChI=1S/C10H16FNO2/c11-7-1-6-3-10(5-12,4-9(13)14)8(6)2-7/h6-8H,1-5,12H2,(H,13,14)/t6-,7+,8-,10-/m0/s1. The molecule has 3 N–H and O–H groups in total. The van der Waals surface area contributed by atoms with Gasteiger partial charge in [0, 0.05) is 0 Å². The van der Waals surface area contributed by atoms with Crippen LogP contribution in [0, 0.1) is 17.3 Å². The zero-order chi connectivity index (χ0) is 10.3. The van der Waals surface area contributed by atoms with E-state index in [4.69, 9.17) is 10.8 Å². The Morgan fingerprint density at radius 3 is 2.79 bits per heavy atom. The van der Waals surface area contributed by atoms with Crippen LogP contribution in [-0.2, 0) is 4.79 Å². The smallest absolute Gasteiger partial charge is 0.303 e. The molecule has 0 aromatic carbocycles. The van der Waals surface area contributed by atoms with Crippen molar-refractivity contribution in [2.75, 3.05) is 6.54 Å². The highest BCUT2D eigenvalue weighted by atomic mass is 19.1. The Labute approximate surface area is 82.5 Å². The molecule has 4 atom stereocenters. The summed E-state index contributed by atoms with van der Waals surface area (Å²) in [6.07, 6.45) is 1.33. The van der Waals surface area contributed by atoms with Crippen LogP contribution in [0.25, 0.3) is 0 Å². The van der Waals surface area contributed by atoms with Gasteiger partial charge in [0.15, 0.2) is 0 Å². The molecule has 0 aromatic heterocycles. The second kappa shape index (κ2) is 3.19. The van der Waals surface area contributed by atoms with Crippen LogP contribution in [0.2, 0.25) is 0 Å². The predicted octanol–water partition coefficient (Wildman–Crippen LogP) is 1.17. The maximum absolute atomic E-state index is 13.1. The molecule has 0 aromatic rings. The number of hydrogen-bond donors (Lipinski definition) is 2. The maximum atomic E-state index is 13.1. The van der Waals surface area contributed by atoms with Gasteiger partial charge in [0.05, 0.1) is 6.42 Å². The quantitative estimate of drug-likeness (QED) is 0.720. The first-order valence-electron chi connectivity index (χ1n) is 5.13. The van der Waals surface area contributed by atoms with E-state index in [2.05, 4.69) is 0 Å². The van der Waals surface area contributed by atoms with E-state index in [0.29, 0.717) is 25.3 Å². The molecular weight excluding hydrogens is 185 g/mol. The second-order valence-electron chi connectivity index (χ2n) is 4.78. The topological polar surface area (TPSA) is 63.3 Å². The number of carboxylic acids is 1. The Balaban J connectivity index is 2.06. The van der Waals surface area contributed by atoms with Crippen LogP contribution < -0.4 is 5.73 Å². The number of aliphatic carboxylic acids is 1. The van der Waals surface area contributed by atoms with Crippen molar-refractivity contribution in [3.05, 3.63) is 0 Å². The molecule has 3 nitrogen and oxygen atoms in total. The van der Waals surface area contributed by atoms with Crippen LogP contribution >= 0.6 is 0 Å². The van der Waals surface area contributed by atoms with Crippen molar-refractivity contribution < 1.29 is 14.3 Å². The zero-order valence-electron chi connectivity index (χ0n) is 8.08. The summed E-state index contributed by atoms with van der Waals surface area (Å²) in [7, 11) is 0. The Hall–Kier alpha value is -0.640. The van der Waals surface area contributed by atoms with Crippen molar-refractivity contribution in [3.8, 4) is 0 Å². The van der Waals surface area contributed by atoms with Crippen molar-refractivity contribution in [2.24, 2.45) is 23.0 Å². The third kappa shape index (κ3) is 1.32. The minimum Gasteiger partial charge on any atom is -0.481 e. The normalized spacial score (nSPS) is 45.7. The first-order chi connectivity index (χ1) is 6.57. The lowest BCUT2D eigenvalue weighted by molar-refractivity contribution is -0.145.